The second-order valence-electron chi connectivity index (χ2n) is 6.24. The highest BCUT2D eigenvalue weighted by Gasteiger charge is 2.02. The summed E-state index contributed by atoms with van der Waals surface area (Å²) in [6.07, 6.45) is 12.9. The first kappa shape index (κ1) is 16.7. The molecule has 0 spiro atoms. The van der Waals surface area contributed by atoms with E-state index in [4.69, 9.17) is 0 Å². The van der Waals surface area contributed by atoms with Crippen LogP contribution in [0, 0.1) is 0 Å². The van der Waals surface area contributed by atoms with Crippen molar-refractivity contribution in [1.82, 2.24) is 0 Å². The number of hydrogen-bond donors (Lipinski definition) is 0. The van der Waals surface area contributed by atoms with Gasteiger partial charge in [-0.25, -0.2) is 0 Å². The maximum absolute atomic E-state index is 11.0. The van der Waals surface area contributed by atoms with E-state index in [1.165, 1.54) is 67.7 Å². The van der Waals surface area contributed by atoms with Crippen LogP contribution in [-0.2, 0) is 6.42 Å². The Morgan fingerprint density at radius 1 is 0.864 bits per heavy atom. The lowest BCUT2D eigenvalue weighted by Crippen LogP contribution is -1.90. The third-order valence-corrected chi connectivity index (χ3v) is 4.43. The average Bonchev–Trinajstić information content (AvgIpc) is 2.57. The van der Waals surface area contributed by atoms with Crippen molar-refractivity contribution in [2.24, 2.45) is 0 Å². The van der Waals surface area contributed by atoms with Gasteiger partial charge in [0.1, 0.15) is 6.29 Å². The largest absolute Gasteiger partial charge is 0.298 e. The summed E-state index contributed by atoms with van der Waals surface area (Å²) in [5.41, 5.74) is 2.16. The topological polar surface area (TPSA) is 17.1 Å². The molecule has 0 unspecified atom stereocenters. The quantitative estimate of drug-likeness (QED) is 0.369. The van der Waals surface area contributed by atoms with Crippen LogP contribution in [0.3, 0.4) is 0 Å². The molecule has 0 aliphatic rings. The van der Waals surface area contributed by atoms with E-state index in [9.17, 15) is 4.79 Å². The zero-order valence-corrected chi connectivity index (χ0v) is 13.8. The van der Waals surface area contributed by atoms with Gasteiger partial charge < -0.3 is 0 Å². The molecule has 22 heavy (non-hydrogen) atoms. The number of carbonyl (C=O) groups is 1. The summed E-state index contributed by atoms with van der Waals surface area (Å²) in [7, 11) is 0. The molecule has 0 aliphatic heterocycles. The van der Waals surface area contributed by atoms with Crippen LogP contribution in [0.15, 0.2) is 36.4 Å². The van der Waals surface area contributed by atoms with E-state index < -0.39 is 0 Å². The van der Waals surface area contributed by atoms with E-state index in [1.54, 1.807) is 0 Å². The summed E-state index contributed by atoms with van der Waals surface area (Å²) in [6, 6.07) is 12.4. The number of benzene rings is 2. The lowest BCUT2D eigenvalue weighted by molar-refractivity contribution is 0.112. The van der Waals surface area contributed by atoms with Gasteiger partial charge >= 0.3 is 0 Å². The summed E-state index contributed by atoms with van der Waals surface area (Å²) >= 11 is 0. The fourth-order valence-corrected chi connectivity index (χ4v) is 3.10. The standard InChI is InChI=1S/C21H28O/c1-2-3-4-5-6-7-8-9-11-19-12-10-13-20-15-14-18(17-22)16-21(19)20/h10,12-17H,2-9,11H2,1H3. The lowest BCUT2D eigenvalue weighted by atomic mass is 9.97. The van der Waals surface area contributed by atoms with Crippen LogP contribution in [0.5, 0.6) is 0 Å². The molecule has 0 atom stereocenters. The summed E-state index contributed by atoms with van der Waals surface area (Å²) in [5, 5.41) is 2.48. The van der Waals surface area contributed by atoms with Crippen molar-refractivity contribution in [3.63, 3.8) is 0 Å². The van der Waals surface area contributed by atoms with Gasteiger partial charge in [-0.2, -0.15) is 0 Å². The van der Waals surface area contributed by atoms with Crippen LogP contribution in [-0.4, -0.2) is 6.29 Å². The van der Waals surface area contributed by atoms with Crippen molar-refractivity contribution in [3.8, 4) is 0 Å². The number of rotatable bonds is 10. The van der Waals surface area contributed by atoms with Gasteiger partial charge in [-0.3, -0.25) is 4.79 Å². The van der Waals surface area contributed by atoms with Crippen LogP contribution < -0.4 is 0 Å². The highest BCUT2D eigenvalue weighted by Crippen LogP contribution is 2.22. The molecule has 2 rings (SSSR count). The highest BCUT2D eigenvalue weighted by atomic mass is 16.1. The molecule has 2 aromatic rings. The molecule has 0 bridgehead atoms. The minimum atomic E-state index is 0.774. The molecule has 0 aliphatic carbocycles. The Bertz CT molecular complexity index is 585. The van der Waals surface area contributed by atoms with E-state index >= 15 is 0 Å². The molecule has 2 aromatic carbocycles. The molecule has 0 fully saturated rings. The van der Waals surface area contributed by atoms with Crippen molar-refractivity contribution >= 4 is 17.1 Å². The third-order valence-electron chi connectivity index (χ3n) is 4.43. The van der Waals surface area contributed by atoms with Gasteiger partial charge in [-0.15, -0.1) is 0 Å². The maximum Gasteiger partial charge on any atom is 0.150 e. The van der Waals surface area contributed by atoms with Crippen LogP contribution in [0.25, 0.3) is 10.8 Å². The molecule has 0 N–H and O–H groups in total. The Morgan fingerprint density at radius 3 is 2.32 bits per heavy atom. The molecular weight excluding hydrogens is 268 g/mol. The van der Waals surface area contributed by atoms with Crippen LogP contribution >= 0.6 is 0 Å². The maximum atomic E-state index is 11.0. The fraction of sp³-hybridized carbons (Fsp3) is 0.476. The smallest absolute Gasteiger partial charge is 0.150 e. The molecule has 0 heterocycles. The summed E-state index contributed by atoms with van der Waals surface area (Å²) in [4.78, 5) is 11.0. The van der Waals surface area contributed by atoms with Gasteiger partial charge in [0.25, 0.3) is 0 Å². The third kappa shape index (κ3) is 4.98. The summed E-state index contributed by atoms with van der Waals surface area (Å²) in [5.74, 6) is 0. The number of hydrogen-bond acceptors (Lipinski definition) is 1. The normalized spacial score (nSPS) is 11.0. The zero-order valence-electron chi connectivity index (χ0n) is 13.8. The monoisotopic (exact) mass is 296 g/mol. The van der Waals surface area contributed by atoms with Crippen molar-refractivity contribution < 1.29 is 4.79 Å². The van der Waals surface area contributed by atoms with E-state index in [-0.39, 0.29) is 0 Å². The minimum Gasteiger partial charge on any atom is -0.298 e. The summed E-state index contributed by atoms with van der Waals surface area (Å²) < 4.78 is 0. The Morgan fingerprint density at radius 2 is 1.59 bits per heavy atom. The van der Waals surface area contributed by atoms with Crippen LogP contribution in [0.4, 0.5) is 0 Å². The Kier molecular flexibility index (Phi) is 7.15. The second-order valence-corrected chi connectivity index (χ2v) is 6.24. The molecule has 0 aromatic heterocycles. The van der Waals surface area contributed by atoms with Crippen molar-refractivity contribution in [1.29, 1.82) is 0 Å². The van der Waals surface area contributed by atoms with Crippen LogP contribution in [0.1, 0.15) is 74.2 Å². The molecule has 118 valence electrons. The first-order valence-electron chi connectivity index (χ1n) is 8.82. The highest BCUT2D eigenvalue weighted by molar-refractivity contribution is 5.91. The number of fused-ring (bicyclic) bond motifs is 1. The molecule has 0 amide bonds. The molecule has 1 heteroatoms. The zero-order chi connectivity index (χ0) is 15.6. The molecular formula is C21H28O. The van der Waals surface area contributed by atoms with Crippen molar-refractivity contribution in [3.05, 3.63) is 47.5 Å². The Hall–Kier alpha value is -1.63. The molecule has 1 nitrogen and oxygen atoms in total. The minimum absolute atomic E-state index is 0.774. The molecule has 0 saturated carbocycles. The molecule has 0 saturated heterocycles. The first-order chi connectivity index (χ1) is 10.8. The average molecular weight is 296 g/mol. The van der Waals surface area contributed by atoms with Gasteiger partial charge in [-0.05, 0) is 35.2 Å². The molecule has 0 radical (unpaired) electrons. The van der Waals surface area contributed by atoms with E-state index in [0.717, 1.165) is 18.3 Å². The Labute approximate surface area is 134 Å². The number of aryl methyl sites for hydroxylation is 1. The van der Waals surface area contributed by atoms with E-state index in [2.05, 4.69) is 31.2 Å². The van der Waals surface area contributed by atoms with Crippen molar-refractivity contribution in [2.75, 3.05) is 0 Å². The number of unbranched alkanes of at least 4 members (excludes halogenated alkanes) is 7. The predicted octanol–water partition coefficient (Wildman–Crippen LogP) is 6.34. The first-order valence-corrected chi connectivity index (χ1v) is 8.82. The number of carbonyl (C=O) groups excluding carboxylic acids is 1. The van der Waals surface area contributed by atoms with E-state index in [0.29, 0.717) is 0 Å². The van der Waals surface area contributed by atoms with E-state index in [1.807, 2.05) is 12.1 Å². The van der Waals surface area contributed by atoms with Crippen LogP contribution in [0.2, 0.25) is 0 Å². The number of aldehydes is 1. The van der Waals surface area contributed by atoms with Crippen molar-refractivity contribution in [2.45, 2.75) is 64.7 Å². The predicted molar refractivity (Wildman–Crippen MR) is 95.6 cm³/mol. The lowest BCUT2D eigenvalue weighted by Gasteiger charge is -2.07. The van der Waals surface area contributed by atoms with Gasteiger partial charge in [0.05, 0.1) is 0 Å². The second kappa shape index (κ2) is 9.40. The summed E-state index contributed by atoms with van der Waals surface area (Å²) in [6.45, 7) is 2.26. The Balaban J connectivity index is 1.82. The van der Waals surface area contributed by atoms with Gasteiger partial charge in [0.15, 0.2) is 0 Å². The fourth-order valence-electron chi connectivity index (χ4n) is 3.10. The SMILES string of the molecule is CCCCCCCCCCc1cccc2ccc(C=O)cc12. The van der Waals surface area contributed by atoms with Gasteiger partial charge in [-0.1, -0.05) is 82.2 Å². The van der Waals surface area contributed by atoms with Gasteiger partial charge in [0.2, 0.25) is 0 Å². The van der Waals surface area contributed by atoms with Gasteiger partial charge in [0, 0.05) is 5.56 Å².